The van der Waals surface area contributed by atoms with Crippen LogP contribution in [0.3, 0.4) is 0 Å². The predicted octanol–water partition coefficient (Wildman–Crippen LogP) is 3.05. The zero-order valence-electron chi connectivity index (χ0n) is 7.05. The van der Waals surface area contributed by atoms with Gasteiger partial charge in [-0.15, -0.1) is 0 Å². The first-order valence-corrected chi connectivity index (χ1v) is 6.92. The lowest BCUT2D eigenvalue weighted by Gasteiger charge is -2.29. The van der Waals surface area contributed by atoms with Crippen molar-refractivity contribution in [3.63, 3.8) is 0 Å². The number of rotatable bonds is 0. The molecule has 2 nitrogen and oxygen atoms in total. The van der Waals surface area contributed by atoms with Crippen LogP contribution in [0, 0.1) is 0 Å². The van der Waals surface area contributed by atoms with E-state index >= 15 is 0 Å². The van der Waals surface area contributed by atoms with Crippen molar-refractivity contribution in [1.82, 2.24) is 0 Å². The Kier molecular flexibility index (Phi) is 2.19. The van der Waals surface area contributed by atoms with Crippen molar-refractivity contribution in [2.24, 2.45) is 0 Å². The molecule has 1 aliphatic heterocycles. The fourth-order valence-corrected chi connectivity index (χ4v) is 4.50. The van der Waals surface area contributed by atoms with Crippen molar-refractivity contribution in [3.8, 4) is 0 Å². The van der Waals surface area contributed by atoms with E-state index in [0.29, 0.717) is 0 Å². The van der Waals surface area contributed by atoms with Crippen LogP contribution in [0.5, 0.6) is 0 Å². The number of hydrogen-bond acceptors (Lipinski definition) is 3. The first-order valence-electron chi connectivity index (χ1n) is 3.38. The van der Waals surface area contributed by atoms with Gasteiger partial charge in [0, 0.05) is 0 Å². The van der Waals surface area contributed by atoms with Crippen molar-refractivity contribution in [1.29, 1.82) is 0 Å². The highest BCUT2D eigenvalue weighted by atomic mass is 35.7. The quantitative estimate of drug-likeness (QED) is 0.578. The van der Waals surface area contributed by atoms with Gasteiger partial charge < -0.3 is 9.05 Å². The molecule has 1 heterocycles. The summed E-state index contributed by atoms with van der Waals surface area (Å²) in [6.07, 6.45) is 0. The molecule has 0 radical (unpaired) electrons. The third kappa shape index (κ3) is 1.78. The molecular formula is C6H12ClO2PS. The lowest BCUT2D eigenvalue weighted by Crippen LogP contribution is -2.41. The highest BCUT2D eigenvalue weighted by molar-refractivity contribution is 8.22. The molecule has 0 aromatic carbocycles. The summed E-state index contributed by atoms with van der Waals surface area (Å²) in [5, 5.41) is 0. The monoisotopic (exact) mass is 214 g/mol. The molecule has 0 spiro atoms. The third-order valence-corrected chi connectivity index (χ3v) is 4.33. The molecular weight excluding hydrogens is 203 g/mol. The third-order valence-electron chi connectivity index (χ3n) is 2.12. The number of hydrogen-bond donors (Lipinski definition) is 0. The maximum Gasteiger partial charge on any atom is 0.283 e. The summed E-state index contributed by atoms with van der Waals surface area (Å²) in [5.41, 5.74) is -0.769. The Bertz CT molecular complexity index is 207. The van der Waals surface area contributed by atoms with Crippen molar-refractivity contribution in [2.45, 2.75) is 38.9 Å². The van der Waals surface area contributed by atoms with Gasteiger partial charge in [-0.05, 0) is 50.7 Å². The second-order valence-electron chi connectivity index (χ2n) is 3.63. The van der Waals surface area contributed by atoms with E-state index in [-0.39, 0.29) is 11.2 Å². The molecule has 0 aromatic rings. The minimum atomic E-state index is -2.48. The number of halogens is 1. The van der Waals surface area contributed by atoms with Crippen LogP contribution < -0.4 is 0 Å². The van der Waals surface area contributed by atoms with Gasteiger partial charge >= 0.3 is 0 Å². The van der Waals surface area contributed by atoms with Gasteiger partial charge in [0.1, 0.15) is 0 Å². The Morgan fingerprint density at radius 1 is 1.09 bits per heavy atom. The van der Waals surface area contributed by atoms with Crippen LogP contribution in [0.1, 0.15) is 27.7 Å². The molecule has 0 aliphatic carbocycles. The fourth-order valence-electron chi connectivity index (χ4n) is 0.784. The van der Waals surface area contributed by atoms with Crippen LogP contribution in [0.4, 0.5) is 0 Å². The SMILES string of the molecule is CC1(C)OP(=S)(Cl)OC1(C)C. The van der Waals surface area contributed by atoms with Crippen LogP contribution in [0.2, 0.25) is 0 Å². The highest BCUT2D eigenvalue weighted by Crippen LogP contribution is 2.67. The van der Waals surface area contributed by atoms with Crippen LogP contribution in [-0.4, -0.2) is 11.2 Å². The Balaban J connectivity index is 2.98. The van der Waals surface area contributed by atoms with Crippen molar-refractivity contribution in [2.75, 3.05) is 0 Å². The largest absolute Gasteiger partial charge is 0.309 e. The van der Waals surface area contributed by atoms with Crippen molar-refractivity contribution >= 4 is 28.9 Å². The van der Waals surface area contributed by atoms with Gasteiger partial charge in [-0.25, -0.2) is 0 Å². The first kappa shape index (κ1) is 9.94. The lowest BCUT2D eigenvalue weighted by atomic mass is 9.90. The summed E-state index contributed by atoms with van der Waals surface area (Å²) in [4.78, 5) is 0. The molecule has 1 aliphatic rings. The molecule has 0 saturated carbocycles. The van der Waals surface area contributed by atoms with Crippen LogP contribution >= 0.6 is 17.1 Å². The van der Waals surface area contributed by atoms with Crippen molar-refractivity contribution in [3.05, 3.63) is 0 Å². The fraction of sp³-hybridized carbons (Fsp3) is 1.00. The summed E-state index contributed by atoms with van der Waals surface area (Å²) >= 11 is 10.8. The second-order valence-corrected chi connectivity index (χ2v) is 8.24. The van der Waals surface area contributed by atoms with Crippen LogP contribution in [-0.2, 0) is 20.9 Å². The van der Waals surface area contributed by atoms with Gasteiger partial charge in [-0.3, -0.25) is 0 Å². The predicted molar refractivity (Wildman–Crippen MR) is 50.5 cm³/mol. The van der Waals surface area contributed by atoms with E-state index in [9.17, 15) is 0 Å². The molecule has 0 aromatic heterocycles. The molecule has 5 heteroatoms. The second kappa shape index (κ2) is 2.43. The summed E-state index contributed by atoms with van der Waals surface area (Å²) in [6, 6.07) is 0. The Hall–Kier alpha value is 0.860. The van der Waals surface area contributed by atoms with Crippen molar-refractivity contribution < 1.29 is 9.05 Å². The van der Waals surface area contributed by atoms with Gasteiger partial charge in [0.2, 0.25) is 0 Å². The normalized spacial score (nSPS) is 32.1. The Morgan fingerprint density at radius 3 is 1.45 bits per heavy atom. The van der Waals surface area contributed by atoms with Crippen LogP contribution in [0.25, 0.3) is 0 Å². The molecule has 1 rings (SSSR count). The topological polar surface area (TPSA) is 18.5 Å². The average molecular weight is 215 g/mol. The van der Waals surface area contributed by atoms with E-state index in [1.807, 2.05) is 27.7 Å². The molecule has 0 unspecified atom stereocenters. The van der Waals surface area contributed by atoms with Gasteiger partial charge in [0.25, 0.3) is 5.84 Å². The maximum atomic E-state index is 5.82. The molecule has 0 N–H and O–H groups in total. The minimum absolute atomic E-state index is 0.385. The smallest absolute Gasteiger partial charge is 0.283 e. The van der Waals surface area contributed by atoms with Gasteiger partial charge in [-0.2, -0.15) is 0 Å². The maximum absolute atomic E-state index is 5.82. The van der Waals surface area contributed by atoms with E-state index in [2.05, 4.69) is 0 Å². The molecule has 1 fully saturated rings. The van der Waals surface area contributed by atoms with Gasteiger partial charge in [0.05, 0.1) is 11.2 Å². The summed E-state index contributed by atoms with van der Waals surface area (Å²) in [7, 11) is 0. The van der Waals surface area contributed by atoms with E-state index in [1.165, 1.54) is 0 Å². The molecule has 0 amide bonds. The first-order chi connectivity index (χ1) is 4.66. The van der Waals surface area contributed by atoms with E-state index in [1.54, 1.807) is 0 Å². The molecule has 66 valence electrons. The molecule has 0 bridgehead atoms. The summed E-state index contributed by atoms with van der Waals surface area (Å²) < 4.78 is 10.8. The Labute approximate surface area is 77.2 Å². The summed E-state index contributed by atoms with van der Waals surface area (Å²) in [5.74, 6) is -2.48. The lowest BCUT2D eigenvalue weighted by molar-refractivity contribution is 0.00578. The highest BCUT2D eigenvalue weighted by Gasteiger charge is 2.52. The standard InChI is InChI=1S/C6H12ClO2PS/c1-5(2)6(3,4)9-10(7,11)8-5/h1-4H3. The van der Waals surface area contributed by atoms with Crippen LogP contribution in [0.15, 0.2) is 0 Å². The Morgan fingerprint density at radius 2 is 1.36 bits per heavy atom. The molecule has 1 saturated heterocycles. The van der Waals surface area contributed by atoms with E-state index in [4.69, 9.17) is 32.1 Å². The van der Waals surface area contributed by atoms with E-state index < -0.39 is 5.84 Å². The molecule has 0 atom stereocenters. The zero-order chi connectivity index (χ0) is 8.91. The van der Waals surface area contributed by atoms with Gasteiger partial charge in [-0.1, -0.05) is 0 Å². The van der Waals surface area contributed by atoms with Gasteiger partial charge in [0.15, 0.2) is 0 Å². The average Bonchev–Trinajstić information content (AvgIpc) is 1.66. The zero-order valence-corrected chi connectivity index (χ0v) is 9.52. The summed E-state index contributed by atoms with van der Waals surface area (Å²) in [6.45, 7) is 7.74. The van der Waals surface area contributed by atoms with E-state index in [0.717, 1.165) is 0 Å². The molecule has 11 heavy (non-hydrogen) atoms. The minimum Gasteiger partial charge on any atom is -0.309 e.